The van der Waals surface area contributed by atoms with Gasteiger partial charge in [-0.2, -0.15) is 0 Å². The van der Waals surface area contributed by atoms with Crippen molar-refractivity contribution in [1.82, 2.24) is 4.98 Å². The molecule has 0 aliphatic carbocycles. The molecule has 164 valence electrons. The summed E-state index contributed by atoms with van der Waals surface area (Å²) in [4.78, 5) is 3.97. The van der Waals surface area contributed by atoms with Gasteiger partial charge in [-0.05, 0) is 73.6 Å². The van der Waals surface area contributed by atoms with Gasteiger partial charge in [0.15, 0.2) is 4.90 Å². The van der Waals surface area contributed by atoms with Gasteiger partial charge in [0.25, 0.3) is 0 Å². The maximum atomic E-state index is 11.6. The summed E-state index contributed by atoms with van der Waals surface area (Å²) in [6.07, 6.45) is 1.49. The van der Waals surface area contributed by atoms with Gasteiger partial charge in [0.1, 0.15) is 29.6 Å². The Kier molecular flexibility index (Phi) is 7.62. The van der Waals surface area contributed by atoms with Crippen molar-refractivity contribution < 1.29 is 24.0 Å². The van der Waals surface area contributed by atoms with Crippen LogP contribution in [0.5, 0.6) is 17.2 Å². The molecule has 0 saturated carbocycles. The number of nitrogens with zero attached hydrogens (tertiary/aromatic N) is 1. The van der Waals surface area contributed by atoms with E-state index in [1.807, 2.05) is 37.3 Å². The molecule has 1 aromatic heterocycles. The van der Waals surface area contributed by atoms with Crippen molar-refractivity contribution >= 4 is 16.9 Å². The van der Waals surface area contributed by atoms with Crippen molar-refractivity contribution in [3.05, 3.63) is 60.3 Å². The van der Waals surface area contributed by atoms with Crippen molar-refractivity contribution in [3.8, 4) is 28.5 Å². The van der Waals surface area contributed by atoms with Crippen molar-refractivity contribution in [1.29, 1.82) is 0 Å². The fourth-order valence-electron chi connectivity index (χ4n) is 3.02. The lowest BCUT2D eigenvalue weighted by atomic mass is 10.1. The van der Waals surface area contributed by atoms with Crippen LogP contribution < -0.4 is 9.47 Å². The van der Waals surface area contributed by atoms with E-state index in [2.05, 4.69) is 10.1 Å². The molecule has 2 N–H and O–H groups in total. The Morgan fingerprint density at radius 2 is 1.81 bits per heavy atom. The number of methoxy groups -OCH3 is 1. The summed E-state index contributed by atoms with van der Waals surface area (Å²) >= 11 is -1.05. The van der Waals surface area contributed by atoms with E-state index in [-0.39, 0.29) is 6.10 Å². The molecule has 2 atom stereocenters. The molecule has 0 aliphatic rings. The monoisotopic (exact) mass is 442 g/mol. The predicted molar refractivity (Wildman–Crippen MR) is 121 cm³/mol. The molecule has 3 aromatic rings. The quantitative estimate of drug-likeness (QED) is 0.214. The zero-order valence-corrected chi connectivity index (χ0v) is 18.7. The normalized spacial score (nSPS) is 13.6. The maximum absolute atomic E-state index is 11.6. The molecule has 0 spiro atoms. The Hall–Kier alpha value is -2.94. The highest BCUT2D eigenvalue weighted by atomic mass is 32.2. The van der Waals surface area contributed by atoms with E-state index < -0.39 is 11.2 Å². The topological polar surface area (TPSA) is 99.1 Å². The summed E-state index contributed by atoms with van der Waals surface area (Å²) in [6.45, 7) is 4.09. The number of aromatic amines is 1. The van der Waals surface area contributed by atoms with E-state index in [4.69, 9.17) is 19.4 Å². The molecule has 0 radical (unpaired) electrons. The lowest BCUT2D eigenvalue weighted by Crippen LogP contribution is -2.17. The van der Waals surface area contributed by atoms with Crippen LogP contribution in [-0.4, -0.2) is 46.5 Å². The fraction of sp³-hybridized carbons (Fsp3) is 0.261. The summed E-state index contributed by atoms with van der Waals surface area (Å²) in [7, 11) is 1.63. The average molecular weight is 443 g/mol. The zero-order valence-electron chi connectivity index (χ0n) is 17.9. The van der Waals surface area contributed by atoms with Gasteiger partial charge in [-0.15, -0.1) is 0 Å². The second-order valence-corrected chi connectivity index (χ2v) is 8.46. The highest BCUT2D eigenvalue weighted by molar-refractivity contribution is 7.90. The zero-order chi connectivity index (χ0) is 22.4. The summed E-state index contributed by atoms with van der Waals surface area (Å²) in [5.74, 6) is 1.84. The van der Waals surface area contributed by atoms with E-state index in [9.17, 15) is 4.55 Å². The minimum absolute atomic E-state index is 0.144. The molecule has 2 aromatic carbocycles. The van der Waals surface area contributed by atoms with Gasteiger partial charge in [0, 0.05) is 24.4 Å². The Bertz CT molecular complexity index is 1030. The van der Waals surface area contributed by atoms with Crippen LogP contribution in [0.25, 0.3) is 11.3 Å². The Morgan fingerprint density at radius 3 is 2.45 bits per heavy atom. The van der Waals surface area contributed by atoms with Crippen LogP contribution in [0.3, 0.4) is 0 Å². The van der Waals surface area contributed by atoms with Crippen molar-refractivity contribution in [3.63, 3.8) is 0 Å². The number of hydrogen-bond acceptors (Lipinski definition) is 6. The molecule has 7 nitrogen and oxygen atoms in total. The Morgan fingerprint density at radius 1 is 1.10 bits per heavy atom. The maximum Gasteiger partial charge on any atom is 0.152 e. The predicted octanol–water partition coefficient (Wildman–Crippen LogP) is 4.82. The molecule has 0 aliphatic heterocycles. The number of nitrogens with one attached hydrogen (secondary N) is 1. The number of H-pyrrole nitrogens is 1. The minimum atomic E-state index is -1.05. The number of hydrogen-bond donors (Lipinski definition) is 2. The second-order valence-electron chi connectivity index (χ2n) is 7.08. The molecule has 1 unspecified atom stereocenters. The van der Waals surface area contributed by atoms with Gasteiger partial charge in [-0.3, -0.25) is 0 Å². The van der Waals surface area contributed by atoms with Crippen LogP contribution in [0.1, 0.15) is 19.5 Å². The Balaban J connectivity index is 1.93. The van der Waals surface area contributed by atoms with Gasteiger partial charge < -0.3 is 29.0 Å². The molecule has 8 heteroatoms. The average Bonchev–Trinajstić information content (AvgIpc) is 3.24. The van der Waals surface area contributed by atoms with Crippen molar-refractivity contribution in [2.24, 2.45) is 5.16 Å². The van der Waals surface area contributed by atoms with E-state index in [0.29, 0.717) is 35.3 Å². The van der Waals surface area contributed by atoms with Gasteiger partial charge >= 0.3 is 0 Å². The Labute approximate surface area is 184 Å². The first-order valence-corrected chi connectivity index (χ1v) is 11.3. The number of ether oxygens (including phenoxy) is 3. The number of rotatable bonds is 9. The molecule has 1 heterocycles. The first kappa shape index (κ1) is 22.7. The summed E-state index contributed by atoms with van der Waals surface area (Å²) in [6, 6.07) is 16.5. The van der Waals surface area contributed by atoms with Gasteiger partial charge in [0.2, 0.25) is 0 Å². The van der Waals surface area contributed by atoms with Gasteiger partial charge in [-0.1, -0.05) is 5.16 Å². The van der Waals surface area contributed by atoms with Crippen LogP contribution in [-0.2, 0) is 15.9 Å². The van der Waals surface area contributed by atoms with Crippen LogP contribution >= 0.6 is 0 Å². The number of aromatic nitrogens is 1. The lowest BCUT2D eigenvalue weighted by molar-refractivity contribution is 0.0920. The third kappa shape index (κ3) is 6.04. The minimum Gasteiger partial charge on any atom is -0.612 e. The molecule has 3 rings (SSSR count). The third-order valence-corrected chi connectivity index (χ3v) is 5.48. The lowest BCUT2D eigenvalue weighted by Gasteiger charge is -2.16. The molecule has 31 heavy (non-hydrogen) atoms. The standard InChI is InChI=1S/C23H26N2O5S/c1-15(14-28-3)29-19-11-17(23-10-9-22(24-23)16(2)25-26)12-20(13-19)30-18-5-7-21(8-6-18)31(4)27/h5-13,15,24,26H,14H2,1-4H3/b25-16+/t15-,31?/m0/s1. The van der Waals surface area contributed by atoms with Crippen LogP contribution in [0.2, 0.25) is 0 Å². The molecule has 0 saturated heterocycles. The smallest absolute Gasteiger partial charge is 0.152 e. The second kappa shape index (κ2) is 10.4. The summed E-state index contributed by atoms with van der Waals surface area (Å²) in [5.41, 5.74) is 2.87. The van der Waals surface area contributed by atoms with Gasteiger partial charge in [-0.25, -0.2) is 0 Å². The van der Waals surface area contributed by atoms with E-state index in [1.165, 1.54) is 0 Å². The van der Waals surface area contributed by atoms with Crippen LogP contribution in [0, 0.1) is 0 Å². The van der Waals surface area contributed by atoms with E-state index >= 15 is 0 Å². The van der Waals surface area contributed by atoms with Crippen molar-refractivity contribution in [2.75, 3.05) is 20.0 Å². The molecular weight excluding hydrogens is 416 g/mol. The fourth-order valence-corrected chi connectivity index (χ4v) is 3.54. The highest BCUT2D eigenvalue weighted by Crippen LogP contribution is 2.33. The first-order valence-electron chi connectivity index (χ1n) is 9.70. The molecular formula is C23H26N2O5S. The molecule has 0 amide bonds. The molecule has 0 fully saturated rings. The summed E-state index contributed by atoms with van der Waals surface area (Å²) < 4.78 is 28.8. The van der Waals surface area contributed by atoms with Crippen molar-refractivity contribution in [2.45, 2.75) is 24.8 Å². The van der Waals surface area contributed by atoms with E-state index in [0.717, 1.165) is 16.2 Å². The molecule has 0 bridgehead atoms. The SMILES string of the molecule is COC[C@H](C)Oc1cc(Oc2ccc([S+](C)[O-])cc2)cc(-c2ccc(/C(C)=N/O)[nH]2)c1. The number of benzene rings is 2. The van der Waals surface area contributed by atoms with Crippen LogP contribution in [0.15, 0.2) is 64.6 Å². The number of oxime groups is 1. The van der Waals surface area contributed by atoms with Gasteiger partial charge in [0.05, 0.1) is 18.0 Å². The highest BCUT2D eigenvalue weighted by Gasteiger charge is 2.12. The third-order valence-electron chi connectivity index (χ3n) is 4.55. The summed E-state index contributed by atoms with van der Waals surface area (Å²) in [5, 5.41) is 12.3. The van der Waals surface area contributed by atoms with E-state index in [1.54, 1.807) is 44.6 Å². The largest absolute Gasteiger partial charge is 0.612 e. The first-order chi connectivity index (χ1) is 14.9. The van der Waals surface area contributed by atoms with Crippen LogP contribution in [0.4, 0.5) is 0 Å².